The van der Waals surface area contributed by atoms with Crippen LogP contribution in [0.5, 0.6) is 0 Å². The van der Waals surface area contributed by atoms with E-state index in [0.29, 0.717) is 5.02 Å². The smallest absolute Gasteiger partial charge is 0.238 e. The Balaban J connectivity index is 1.64. The lowest BCUT2D eigenvalue weighted by Gasteiger charge is -2.11. The number of benzene rings is 3. The number of rotatable bonds is 2. The molecule has 0 saturated carbocycles. The molecule has 2 heterocycles. The van der Waals surface area contributed by atoms with Gasteiger partial charge in [0.05, 0.1) is 11.2 Å². The number of nitrogens with zero attached hydrogens (tertiary/aromatic N) is 1. The molecule has 5 rings (SSSR count). The van der Waals surface area contributed by atoms with Crippen LogP contribution in [-0.2, 0) is 4.79 Å². The maximum absolute atomic E-state index is 12.7. The van der Waals surface area contributed by atoms with Gasteiger partial charge in [-0.05, 0) is 41.5 Å². The molecule has 1 atom stereocenters. The molecule has 3 aromatic carbocycles. The Bertz CT molecular complexity index is 1200. The van der Waals surface area contributed by atoms with Gasteiger partial charge < -0.3 is 5.32 Å². The highest BCUT2D eigenvalue weighted by atomic mass is 35.5. The van der Waals surface area contributed by atoms with Crippen LogP contribution < -0.4 is 5.32 Å². The number of fused-ring (bicyclic) bond motifs is 2. The molecule has 4 aromatic rings. The summed E-state index contributed by atoms with van der Waals surface area (Å²) in [5.74, 6) is -0.476. The third-order valence-corrected chi connectivity index (χ3v) is 5.31. The first-order valence-electron chi connectivity index (χ1n) is 8.76. The van der Waals surface area contributed by atoms with Gasteiger partial charge in [0, 0.05) is 21.7 Å². The third kappa shape index (κ3) is 2.68. The molecule has 0 bridgehead atoms. The van der Waals surface area contributed by atoms with Crippen molar-refractivity contribution in [2.45, 2.75) is 5.92 Å². The maximum atomic E-state index is 12.7. The van der Waals surface area contributed by atoms with Crippen molar-refractivity contribution in [2.24, 2.45) is 0 Å². The highest BCUT2D eigenvalue weighted by Gasteiger charge is 2.33. The van der Waals surface area contributed by atoms with Crippen molar-refractivity contribution in [3.05, 3.63) is 95.1 Å². The largest absolute Gasteiger partial charge is 0.325 e. The second-order valence-corrected chi connectivity index (χ2v) is 7.04. The Kier molecular flexibility index (Phi) is 3.69. The van der Waals surface area contributed by atoms with E-state index in [1.54, 1.807) is 0 Å². The molecule has 27 heavy (non-hydrogen) atoms. The van der Waals surface area contributed by atoms with E-state index in [0.717, 1.165) is 39.0 Å². The van der Waals surface area contributed by atoms with Crippen molar-refractivity contribution in [3.63, 3.8) is 0 Å². The molecule has 0 saturated heterocycles. The fraction of sp³-hybridized carbons (Fsp3) is 0.0435. The number of carbonyl (C=O) groups excluding carboxylic acids is 1. The standard InChI is InChI=1S/C23H15ClN2O/c24-18-7-3-2-6-16(18)15-10-11-20-17(13-15)22(23(27)26-20)21-12-9-14-5-1-4-8-19(14)25-21/h1-13,22H,(H,26,27). The Morgan fingerprint density at radius 2 is 1.70 bits per heavy atom. The molecule has 0 fully saturated rings. The fourth-order valence-electron chi connectivity index (χ4n) is 3.66. The lowest BCUT2D eigenvalue weighted by Crippen LogP contribution is -2.14. The number of hydrogen-bond donors (Lipinski definition) is 1. The molecule has 0 radical (unpaired) electrons. The number of nitrogens with one attached hydrogen (secondary N) is 1. The minimum atomic E-state index is -0.424. The fourth-order valence-corrected chi connectivity index (χ4v) is 3.91. The van der Waals surface area contributed by atoms with E-state index in [1.165, 1.54) is 0 Å². The molecule has 130 valence electrons. The Morgan fingerprint density at radius 1 is 0.889 bits per heavy atom. The monoisotopic (exact) mass is 370 g/mol. The van der Waals surface area contributed by atoms with Crippen molar-refractivity contribution in [2.75, 3.05) is 5.32 Å². The zero-order valence-electron chi connectivity index (χ0n) is 14.3. The molecule has 1 aliphatic rings. The van der Waals surface area contributed by atoms with E-state index in [1.807, 2.05) is 78.9 Å². The van der Waals surface area contributed by atoms with E-state index < -0.39 is 5.92 Å². The molecule has 0 aliphatic carbocycles. The second kappa shape index (κ2) is 6.22. The van der Waals surface area contributed by atoms with Crippen LogP contribution in [0.15, 0.2) is 78.9 Å². The molecular weight excluding hydrogens is 356 g/mol. The average molecular weight is 371 g/mol. The van der Waals surface area contributed by atoms with Crippen molar-refractivity contribution in [1.82, 2.24) is 4.98 Å². The zero-order valence-corrected chi connectivity index (χ0v) is 15.1. The van der Waals surface area contributed by atoms with Gasteiger partial charge in [-0.2, -0.15) is 0 Å². The van der Waals surface area contributed by atoms with Gasteiger partial charge in [0.15, 0.2) is 0 Å². The van der Waals surface area contributed by atoms with E-state index in [9.17, 15) is 4.79 Å². The predicted molar refractivity (Wildman–Crippen MR) is 109 cm³/mol. The lowest BCUT2D eigenvalue weighted by molar-refractivity contribution is -0.116. The Morgan fingerprint density at radius 3 is 2.59 bits per heavy atom. The zero-order chi connectivity index (χ0) is 18.4. The second-order valence-electron chi connectivity index (χ2n) is 6.63. The van der Waals surface area contributed by atoms with Crippen molar-refractivity contribution in [1.29, 1.82) is 0 Å². The first-order chi connectivity index (χ1) is 13.2. The summed E-state index contributed by atoms with van der Waals surface area (Å²) in [6.07, 6.45) is 0. The van der Waals surface area contributed by atoms with Gasteiger partial charge in [-0.3, -0.25) is 9.78 Å². The number of aromatic nitrogens is 1. The quantitative estimate of drug-likeness (QED) is 0.496. The van der Waals surface area contributed by atoms with Gasteiger partial charge in [0.2, 0.25) is 5.91 Å². The highest BCUT2D eigenvalue weighted by molar-refractivity contribution is 6.33. The minimum absolute atomic E-state index is 0.0518. The first-order valence-corrected chi connectivity index (χ1v) is 9.14. The molecular formula is C23H15ClN2O. The molecule has 1 unspecified atom stereocenters. The van der Waals surface area contributed by atoms with Crippen LogP contribution in [0.25, 0.3) is 22.0 Å². The summed E-state index contributed by atoms with van der Waals surface area (Å²) in [6.45, 7) is 0. The third-order valence-electron chi connectivity index (χ3n) is 4.98. The van der Waals surface area contributed by atoms with Crippen LogP contribution in [0.2, 0.25) is 5.02 Å². The summed E-state index contributed by atoms with van der Waals surface area (Å²) in [5, 5.41) is 4.73. The molecule has 1 aromatic heterocycles. The van der Waals surface area contributed by atoms with Crippen LogP contribution in [0, 0.1) is 0 Å². The molecule has 1 N–H and O–H groups in total. The van der Waals surface area contributed by atoms with Crippen molar-refractivity contribution >= 4 is 34.1 Å². The Hall–Kier alpha value is -3.17. The summed E-state index contributed by atoms with van der Waals surface area (Å²) in [5.41, 5.74) is 5.34. The van der Waals surface area contributed by atoms with Gasteiger partial charge >= 0.3 is 0 Å². The van der Waals surface area contributed by atoms with Gasteiger partial charge in [-0.15, -0.1) is 0 Å². The SMILES string of the molecule is O=C1Nc2ccc(-c3ccccc3Cl)cc2C1c1ccc2ccccc2n1. The molecule has 1 amide bonds. The van der Waals surface area contributed by atoms with E-state index in [2.05, 4.69) is 5.32 Å². The van der Waals surface area contributed by atoms with Crippen LogP contribution >= 0.6 is 11.6 Å². The summed E-state index contributed by atoms with van der Waals surface area (Å²) >= 11 is 6.36. The number of carbonyl (C=O) groups is 1. The summed E-state index contributed by atoms with van der Waals surface area (Å²) in [4.78, 5) is 17.4. The maximum Gasteiger partial charge on any atom is 0.238 e. The number of anilines is 1. The van der Waals surface area contributed by atoms with Crippen LogP contribution in [0.1, 0.15) is 17.2 Å². The van der Waals surface area contributed by atoms with Gasteiger partial charge in [0.1, 0.15) is 5.92 Å². The molecule has 3 nitrogen and oxygen atoms in total. The number of pyridine rings is 1. The topological polar surface area (TPSA) is 42.0 Å². The average Bonchev–Trinajstić information content (AvgIpc) is 3.03. The van der Waals surface area contributed by atoms with E-state index >= 15 is 0 Å². The first kappa shape index (κ1) is 16.0. The van der Waals surface area contributed by atoms with Crippen LogP contribution in [0.3, 0.4) is 0 Å². The van der Waals surface area contributed by atoms with Crippen molar-refractivity contribution in [3.8, 4) is 11.1 Å². The van der Waals surface area contributed by atoms with Gasteiger partial charge in [-0.25, -0.2) is 0 Å². The Labute approximate surface area is 161 Å². The van der Waals surface area contributed by atoms with E-state index in [4.69, 9.17) is 16.6 Å². The number of hydrogen-bond acceptors (Lipinski definition) is 2. The molecule has 1 aliphatic heterocycles. The summed E-state index contributed by atoms with van der Waals surface area (Å²) in [6, 6.07) is 25.6. The predicted octanol–water partition coefficient (Wildman–Crippen LogP) is 5.64. The normalized spacial score (nSPS) is 15.6. The minimum Gasteiger partial charge on any atom is -0.325 e. The lowest BCUT2D eigenvalue weighted by atomic mass is 9.93. The van der Waals surface area contributed by atoms with E-state index in [-0.39, 0.29) is 5.91 Å². The van der Waals surface area contributed by atoms with Crippen LogP contribution in [0.4, 0.5) is 5.69 Å². The number of para-hydroxylation sites is 1. The summed E-state index contributed by atoms with van der Waals surface area (Å²) in [7, 11) is 0. The van der Waals surface area contributed by atoms with Gasteiger partial charge in [-0.1, -0.05) is 60.1 Å². The van der Waals surface area contributed by atoms with Crippen molar-refractivity contribution < 1.29 is 4.79 Å². The number of amides is 1. The molecule has 4 heteroatoms. The van der Waals surface area contributed by atoms with Crippen LogP contribution in [-0.4, -0.2) is 10.9 Å². The van der Waals surface area contributed by atoms with Gasteiger partial charge in [0.25, 0.3) is 0 Å². The highest BCUT2D eigenvalue weighted by Crippen LogP contribution is 2.40. The molecule has 0 spiro atoms. The summed E-state index contributed by atoms with van der Waals surface area (Å²) < 4.78 is 0. The number of halogens is 1.